The third-order valence-electron chi connectivity index (χ3n) is 4.92. The van der Waals surface area contributed by atoms with E-state index >= 15 is 0 Å². The Morgan fingerprint density at radius 2 is 2.04 bits per heavy atom. The van der Waals surface area contributed by atoms with Gasteiger partial charge in [-0.1, -0.05) is 18.5 Å². The van der Waals surface area contributed by atoms with Gasteiger partial charge < -0.3 is 14.7 Å². The van der Waals surface area contributed by atoms with Crippen molar-refractivity contribution >= 4 is 11.7 Å². The minimum atomic E-state index is -0.160. The molecule has 1 aliphatic rings. The van der Waals surface area contributed by atoms with Crippen molar-refractivity contribution in [3.63, 3.8) is 0 Å². The summed E-state index contributed by atoms with van der Waals surface area (Å²) in [5, 5.41) is 6.84. The molecule has 0 atom stereocenters. The molecule has 3 rings (SSSR count). The predicted molar refractivity (Wildman–Crippen MR) is 105 cm³/mol. The standard InChI is InChI=1S/C20H29N5O2/c1-4-5-17-12-18(27-23-17)14-22-20(26)16-6-7-19(21-13-16)25-10-8-24(9-11-25)15(2)3/h6-7,12-13,15H,4-5,8-11,14H2,1-3H3,(H,22,26). The molecule has 0 unspecified atom stereocenters. The number of pyridine rings is 1. The van der Waals surface area contributed by atoms with Gasteiger partial charge in [0.2, 0.25) is 0 Å². The van der Waals surface area contributed by atoms with Gasteiger partial charge in [-0.25, -0.2) is 4.98 Å². The average Bonchev–Trinajstić information content (AvgIpc) is 3.14. The summed E-state index contributed by atoms with van der Waals surface area (Å²) in [7, 11) is 0. The zero-order valence-electron chi connectivity index (χ0n) is 16.4. The van der Waals surface area contributed by atoms with E-state index in [0.717, 1.165) is 50.5 Å². The second-order valence-electron chi connectivity index (χ2n) is 7.24. The summed E-state index contributed by atoms with van der Waals surface area (Å²) in [4.78, 5) is 21.5. The van der Waals surface area contributed by atoms with E-state index in [1.807, 2.05) is 18.2 Å². The topological polar surface area (TPSA) is 74.5 Å². The molecule has 0 radical (unpaired) electrons. The van der Waals surface area contributed by atoms with Crippen molar-refractivity contribution in [2.24, 2.45) is 0 Å². The highest BCUT2D eigenvalue weighted by Crippen LogP contribution is 2.15. The van der Waals surface area contributed by atoms with Gasteiger partial charge in [0.1, 0.15) is 5.82 Å². The van der Waals surface area contributed by atoms with Crippen LogP contribution in [0.1, 0.15) is 49.0 Å². The molecule has 0 aromatic carbocycles. The summed E-state index contributed by atoms with van der Waals surface area (Å²) in [6.07, 6.45) is 3.54. The summed E-state index contributed by atoms with van der Waals surface area (Å²) in [5.41, 5.74) is 1.47. The molecule has 0 saturated carbocycles. The summed E-state index contributed by atoms with van der Waals surface area (Å²) in [5.74, 6) is 1.43. The molecule has 7 heteroatoms. The first-order chi connectivity index (χ1) is 13.1. The molecule has 1 aliphatic heterocycles. The van der Waals surface area contributed by atoms with Gasteiger partial charge in [0.05, 0.1) is 17.8 Å². The van der Waals surface area contributed by atoms with E-state index in [0.29, 0.717) is 23.9 Å². The van der Waals surface area contributed by atoms with Crippen LogP contribution < -0.4 is 10.2 Å². The molecule has 1 saturated heterocycles. The lowest BCUT2D eigenvalue weighted by molar-refractivity contribution is 0.0946. The van der Waals surface area contributed by atoms with Gasteiger partial charge in [-0.05, 0) is 32.4 Å². The first-order valence-electron chi connectivity index (χ1n) is 9.74. The molecule has 0 spiro atoms. The maximum atomic E-state index is 12.3. The van der Waals surface area contributed by atoms with Crippen LogP contribution in [-0.2, 0) is 13.0 Å². The third kappa shape index (κ3) is 5.07. The van der Waals surface area contributed by atoms with Crippen molar-refractivity contribution in [2.45, 2.75) is 46.2 Å². The molecule has 1 fully saturated rings. The van der Waals surface area contributed by atoms with Crippen LogP contribution >= 0.6 is 0 Å². The van der Waals surface area contributed by atoms with E-state index in [1.54, 1.807) is 6.20 Å². The average molecular weight is 371 g/mol. The molecule has 2 aromatic heterocycles. The Bertz CT molecular complexity index is 733. The first-order valence-corrected chi connectivity index (χ1v) is 9.74. The highest BCUT2D eigenvalue weighted by atomic mass is 16.5. The van der Waals surface area contributed by atoms with Gasteiger partial charge in [-0.3, -0.25) is 9.69 Å². The molecule has 2 aromatic rings. The normalized spacial score (nSPS) is 15.3. The number of carbonyl (C=O) groups is 1. The van der Waals surface area contributed by atoms with E-state index in [2.05, 4.69) is 46.0 Å². The first kappa shape index (κ1) is 19.4. The van der Waals surface area contributed by atoms with Crippen molar-refractivity contribution in [2.75, 3.05) is 31.1 Å². The second kappa shape index (κ2) is 8.99. The minimum absolute atomic E-state index is 0.160. The van der Waals surface area contributed by atoms with E-state index < -0.39 is 0 Å². The van der Waals surface area contributed by atoms with E-state index in [9.17, 15) is 4.79 Å². The number of aromatic nitrogens is 2. The Hall–Kier alpha value is -2.41. The molecule has 7 nitrogen and oxygen atoms in total. The number of nitrogens with one attached hydrogen (secondary N) is 1. The van der Waals surface area contributed by atoms with Gasteiger partial charge in [-0.2, -0.15) is 0 Å². The Morgan fingerprint density at radius 3 is 2.67 bits per heavy atom. The van der Waals surface area contributed by atoms with Crippen LogP contribution in [0.2, 0.25) is 0 Å². The quantitative estimate of drug-likeness (QED) is 0.806. The van der Waals surface area contributed by atoms with Crippen LogP contribution in [0, 0.1) is 0 Å². The number of rotatable bonds is 7. The molecular weight excluding hydrogens is 342 g/mol. The van der Waals surface area contributed by atoms with E-state index in [4.69, 9.17) is 4.52 Å². The maximum Gasteiger partial charge on any atom is 0.253 e. The number of carbonyl (C=O) groups excluding carboxylic acids is 1. The number of hydrogen-bond donors (Lipinski definition) is 1. The number of amides is 1. The summed E-state index contributed by atoms with van der Waals surface area (Å²) in [6, 6.07) is 6.22. The predicted octanol–water partition coefficient (Wildman–Crippen LogP) is 2.48. The van der Waals surface area contributed by atoms with Gasteiger partial charge >= 0.3 is 0 Å². The Balaban J connectivity index is 1.51. The fourth-order valence-corrected chi connectivity index (χ4v) is 3.26. The maximum absolute atomic E-state index is 12.3. The van der Waals surface area contributed by atoms with Crippen molar-refractivity contribution < 1.29 is 9.32 Å². The molecule has 146 valence electrons. The van der Waals surface area contributed by atoms with Crippen molar-refractivity contribution in [3.8, 4) is 0 Å². The lowest BCUT2D eigenvalue weighted by atomic mass is 10.2. The number of nitrogens with zero attached hydrogens (tertiary/aromatic N) is 4. The van der Waals surface area contributed by atoms with Crippen LogP contribution in [-0.4, -0.2) is 53.2 Å². The highest BCUT2D eigenvalue weighted by molar-refractivity contribution is 5.93. The zero-order valence-corrected chi connectivity index (χ0v) is 16.4. The number of hydrogen-bond acceptors (Lipinski definition) is 6. The Labute approximate surface area is 160 Å². The molecule has 1 amide bonds. The van der Waals surface area contributed by atoms with Crippen LogP contribution in [0.25, 0.3) is 0 Å². The largest absolute Gasteiger partial charge is 0.359 e. The monoisotopic (exact) mass is 371 g/mol. The van der Waals surface area contributed by atoms with E-state index in [-0.39, 0.29) is 5.91 Å². The lowest BCUT2D eigenvalue weighted by Gasteiger charge is -2.37. The van der Waals surface area contributed by atoms with Gasteiger partial charge in [-0.15, -0.1) is 0 Å². The number of aryl methyl sites for hydroxylation is 1. The van der Waals surface area contributed by atoms with Gasteiger partial charge in [0, 0.05) is 44.5 Å². The summed E-state index contributed by atoms with van der Waals surface area (Å²) in [6.45, 7) is 10.9. The summed E-state index contributed by atoms with van der Waals surface area (Å²) >= 11 is 0. The molecular formula is C20H29N5O2. The fourth-order valence-electron chi connectivity index (χ4n) is 3.26. The second-order valence-corrected chi connectivity index (χ2v) is 7.24. The third-order valence-corrected chi connectivity index (χ3v) is 4.92. The van der Waals surface area contributed by atoms with Crippen LogP contribution in [0.3, 0.4) is 0 Å². The van der Waals surface area contributed by atoms with Gasteiger partial charge in [0.15, 0.2) is 5.76 Å². The highest BCUT2D eigenvalue weighted by Gasteiger charge is 2.20. The van der Waals surface area contributed by atoms with Crippen LogP contribution in [0.4, 0.5) is 5.82 Å². The molecule has 0 aliphatic carbocycles. The Morgan fingerprint density at radius 1 is 1.26 bits per heavy atom. The molecule has 27 heavy (non-hydrogen) atoms. The van der Waals surface area contributed by atoms with Gasteiger partial charge in [0.25, 0.3) is 5.91 Å². The molecule has 3 heterocycles. The molecule has 0 bridgehead atoms. The SMILES string of the molecule is CCCc1cc(CNC(=O)c2ccc(N3CCN(C(C)C)CC3)nc2)on1. The minimum Gasteiger partial charge on any atom is -0.359 e. The van der Waals surface area contributed by atoms with Crippen molar-refractivity contribution in [1.29, 1.82) is 0 Å². The van der Waals surface area contributed by atoms with E-state index in [1.165, 1.54) is 0 Å². The van der Waals surface area contributed by atoms with Crippen LogP contribution in [0.15, 0.2) is 28.9 Å². The van der Waals surface area contributed by atoms with Crippen LogP contribution in [0.5, 0.6) is 0 Å². The smallest absolute Gasteiger partial charge is 0.253 e. The molecule has 1 N–H and O–H groups in total. The number of anilines is 1. The summed E-state index contributed by atoms with van der Waals surface area (Å²) < 4.78 is 5.24. The fraction of sp³-hybridized carbons (Fsp3) is 0.550. The van der Waals surface area contributed by atoms with Crippen molar-refractivity contribution in [1.82, 2.24) is 20.4 Å². The lowest BCUT2D eigenvalue weighted by Crippen LogP contribution is -2.49. The van der Waals surface area contributed by atoms with Crippen molar-refractivity contribution in [3.05, 3.63) is 41.4 Å². The Kier molecular flexibility index (Phi) is 6.45. The number of piperazine rings is 1. The zero-order chi connectivity index (χ0) is 19.2.